The van der Waals surface area contributed by atoms with Crippen LogP contribution in [-0.4, -0.2) is 18.8 Å². The van der Waals surface area contributed by atoms with Crippen LogP contribution in [0.2, 0.25) is 0 Å². The number of aliphatic imine (C=N–C) groups is 1. The highest BCUT2D eigenvalue weighted by molar-refractivity contribution is 6.14. The zero-order valence-electron chi connectivity index (χ0n) is 20.7. The molecule has 0 aromatic heterocycles. The minimum absolute atomic E-state index is 0.403. The molecule has 0 amide bonds. The molecule has 4 rings (SSSR count). The highest BCUT2D eigenvalue weighted by atomic mass is 16.5. The first-order valence-corrected chi connectivity index (χ1v) is 11.8. The number of benzene rings is 4. The van der Waals surface area contributed by atoms with Crippen LogP contribution in [0.3, 0.4) is 0 Å². The molecule has 0 radical (unpaired) electrons. The number of hydrogen-bond acceptors (Lipinski definition) is 3. The van der Waals surface area contributed by atoms with E-state index in [1.165, 1.54) is 7.11 Å². The van der Waals surface area contributed by atoms with E-state index in [9.17, 15) is 4.79 Å². The zero-order chi connectivity index (χ0) is 24.9. The van der Waals surface area contributed by atoms with Crippen LogP contribution in [0.4, 0.5) is 0 Å². The Hall–Kier alpha value is -3.98. The Labute approximate surface area is 208 Å². The molecule has 176 valence electrons. The number of aryl methyl sites for hydroxylation is 1. The molecule has 3 heteroatoms. The van der Waals surface area contributed by atoms with Crippen molar-refractivity contribution in [1.29, 1.82) is 0 Å². The lowest BCUT2D eigenvalue weighted by Crippen LogP contribution is -2.51. The van der Waals surface area contributed by atoms with Crippen LogP contribution >= 0.6 is 0 Å². The number of rotatable bonds is 7. The van der Waals surface area contributed by atoms with Gasteiger partial charge in [0.1, 0.15) is 0 Å². The van der Waals surface area contributed by atoms with E-state index >= 15 is 0 Å². The summed E-state index contributed by atoms with van der Waals surface area (Å²) in [6.45, 7) is 6.17. The van der Waals surface area contributed by atoms with Gasteiger partial charge in [0.05, 0.1) is 12.8 Å². The maximum atomic E-state index is 14.0. The third kappa shape index (κ3) is 4.54. The lowest BCUT2D eigenvalue weighted by molar-refractivity contribution is -0.150. The van der Waals surface area contributed by atoms with Crippen molar-refractivity contribution >= 4 is 11.7 Å². The molecule has 3 nitrogen and oxygen atoms in total. The molecule has 1 atom stereocenters. The van der Waals surface area contributed by atoms with Crippen molar-refractivity contribution in [3.8, 4) is 0 Å². The van der Waals surface area contributed by atoms with Crippen LogP contribution in [0.15, 0.2) is 120 Å². The molecule has 1 unspecified atom stereocenters. The van der Waals surface area contributed by atoms with E-state index in [1.807, 2.05) is 122 Å². The molecule has 0 saturated heterocycles. The van der Waals surface area contributed by atoms with Crippen LogP contribution in [-0.2, 0) is 20.5 Å². The van der Waals surface area contributed by atoms with Gasteiger partial charge in [-0.05, 0) is 18.1 Å². The second kappa shape index (κ2) is 10.1. The first kappa shape index (κ1) is 24.2. The van der Waals surface area contributed by atoms with E-state index in [2.05, 4.69) is 13.8 Å². The van der Waals surface area contributed by atoms with Crippen molar-refractivity contribution in [2.45, 2.75) is 31.7 Å². The van der Waals surface area contributed by atoms with Crippen molar-refractivity contribution in [2.24, 2.45) is 4.99 Å². The lowest BCUT2D eigenvalue weighted by Gasteiger charge is -2.43. The van der Waals surface area contributed by atoms with Crippen LogP contribution < -0.4 is 0 Å². The molecule has 0 aliphatic carbocycles. The number of carbonyl (C=O) groups is 1. The maximum absolute atomic E-state index is 14.0. The average Bonchev–Trinajstić information content (AvgIpc) is 2.91. The number of ether oxygens (including phenoxy) is 1. The highest BCUT2D eigenvalue weighted by Crippen LogP contribution is 2.47. The smallest absolute Gasteiger partial charge is 0.339 e. The van der Waals surface area contributed by atoms with E-state index in [4.69, 9.17) is 9.73 Å². The van der Waals surface area contributed by atoms with Gasteiger partial charge in [-0.2, -0.15) is 0 Å². The van der Waals surface area contributed by atoms with Crippen molar-refractivity contribution in [3.05, 3.63) is 143 Å². The summed E-state index contributed by atoms with van der Waals surface area (Å²) in [5.74, 6) is -0.403. The minimum Gasteiger partial charge on any atom is -0.467 e. The predicted molar refractivity (Wildman–Crippen MR) is 143 cm³/mol. The predicted octanol–water partition coefficient (Wildman–Crippen LogP) is 6.88. The van der Waals surface area contributed by atoms with Crippen LogP contribution in [0, 0.1) is 6.92 Å². The number of methoxy groups -OCH3 is 1. The number of esters is 1. The van der Waals surface area contributed by atoms with Gasteiger partial charge < -0.3 is 4.74 Å². The average molecular weight is 462 g/mol. The molecule has 0 spiro atoms. The van der Waals surface area contributed by atoms with Gasteiger partial charge in [-0.3, -0.25) is 4.99 Å². The molecule has 0 heterocycles. The highest BCUT2D eigenvalue weighted by Gasteiger charge is 2.55. The summed E-state index contributed by atoms with van der Waals surface area (Å²) in [4.78, 5) is 19.4. The van der Waals surface area contributed by atoms with Gasteiger partial charge in [0.2, 0.25) is 0 Å². The van der Waals surface area contributed by atoms with Gasteiger partial charge in [0, 0.05) is 16.5 Å². The summed E-state index contributed by atoms with van der Waals surface area (Å²) in [5, 5.41) is 0. The zero-order valence-corrected chi connectivity index (χ0v) is 20.7. The van der Waals surface area contributed by atoms with Crippen LogP contribution in [0.25, 0.3) is 0 Å². The monoisotopic (exact) mass is 461 g/mol. The van der Waals surface area contributed by atoms with E-state index < -0.39 is 16.9 Å². The Balaban J connectivity index is 2.13. The molecule has 0 N–H and O–H groups in total. The van der Waals surface area contributed by atoms with Gasteiger partial charge >= 0.3 is 5.97 Å². The van der Waals surface area contributed by atoms with Gasteiger partial charge in [0.15, 0.2) is 5.54 Å². The molecule has 0 fully saturated rings. The Bertz CT molecular complexity index is 1250. The topological polar surface area (TPSA) is 38.7 Å². The molecule has 35 heavy (non-hydrogen) atoms. The molecular weight excluding hydrogens is 430 g/mol. The summed E-state index contributed by atoms with van der Waals surface area (Å²) in [5.41, 5.74) is 3.40. The number of nitrogens with zero attached hydrogens (tertiary/aromatic N) is 1. The number of carbonyl (C=O) groups excluding carboxylic acids is 1. The van der Waals surface area contributed by atoms with Crippen molar-refractivity contribution in [1.82, 2.24) is 0 Å². The second-order valence-corrected chi connectivity index (χ2v) is 9.25. The third-order valence-corrected chi connectivity index (χ3v) is 6.72. The van der Waals surface area contributed by atoms with Crippen molar-refractivity contribution in [3.63, 3.8) is 0 Å². The maximum Gasteiger partial charge on any atom is 0.339 e. The van der Waals surface area contributed by atoms with Crippen molar-refractivity contribution in [2.75, 3.05) is 7.11 Å². The van der Waals surface area contributed by atoms with E-state index in [0.717, 1.165) is 33.5 Å². The van der Waals surface area contributed by atoms with Crippen LogP contribution in [0.5, 0.6) is 0 Å². The quantitative estimate of drug-likeness (QED) is 0.222. The molecule has 4 aromatic rings. The Morgan fingerprint density at radius 1 is 0.657 bits per heavy atom. The molecule has 0 saturated carbocycles. The molecule has 0 bridgehead atoms. The fourth-order valence-corrected chi connectivity index (χ4v) is 4.65. The fraction of sp³-hybridized carbons (Fsp3) is 0.188. The van der Waals surface area contributed by atoms with Crippen LogP contribution in [0.1, 0.15) is 41.7 Å². The first-order chi connectivity index (χ1) is 16.9. The SMILES string of the molecule is COC(=O)C(N=C(c1ccccc1)c1ccccc1)(c1ccc(C)cc1)C(C)(C)c1ccccc1. The van der Waals surface area contributed by atoms with Gasteiger partial charge in [-0.25, -0.2) is 4.79 Å². The van der Waals surface area contributed by atoms with Gasteiger partial charge in [0.25, 0.3) is 0 Å². The first-order valence-electron chi connectivity index (χ1n) is 11.8. The largest absolute Gasteiger partial charge is 0.467 e. The van der Waals surface area contributed by atoms with E-state index in [1.54, 1.807) is 0 Å². The summed E-state index contributed by atoms with van der Waals surface area (Å²) >= 11 is 0. The summed E-state index contributed by atoms with van der Waals surface area (Å²) in [6.07, 6.45) is 0. The Morgan fingerprint density at radius 2 is 1.11 bits per heavy atom. The van der Waals surface area contributed by atoms with E-state index in [0.29, 0.717) is 0 Å². The van der Waals surface area contributed by atoms with Gasteiger partial charge in [-0.1, -0.05) is 135 Å². The van der Waals surface area contributed by atoms with Crippen molar-refractivity contribution < 1.29 is 9.53 Å². The molecular formula is C32H31NO2. The van der Waals surface area contributed by atoms with Gasteiger partial charge in [-0.15, -0.1) is 0 Å². The standard InChI is InChI=1S/C32H31NO2/c1-24-20-22-28(23-21-24)32(30(34)35-4,31(2,3)27-18-12-7-13-19-27)33-29(25-14-8-5-9-15-25)26-16-10-6-11-17-26/h5-23H,1-4H3. The third-order valence-electron chi connectivity index (χ3n) is 6.72. The van der Waals surface area contributed by atoms with E-state index in [-0.39, 0.29) is 0 Å². The molecule has 0 aliphatic heterocycles. The molecule has 0 aliphatic rings. The minimum atomic E-state index is -1.35. The fourth-order valence-electron chi connectivity index (χ4n) is 4.65. The lowest BCUT2D eigenvalue weighted by atomic mass is 9.64. The number of hydrogen-bond donors (Lipinski definition) is 0. The Morgan fingerprint density at radius 3 is 1.57 bits per heavy atom. The molecule has 4 aromatic carbocycles. The second-order valence-electron chi connectivity index (χ2n) is 9.25. The summed E-state index contributed by atoms with van der Waals surface area (Å²) < 4.78 is 5.53. The normalized spacial score (nSPS) is 12.9. The summed E-state index contributed by atoms with van der Waals surface area (Å²) in [6, 6.07) is 38.1. The Kier molecular flexibility index (Phi) is 6.97. The summed E-state index contributed by atoms with van der Waals surface area (Å²) in [7, 11) is 1.44.